The van der Waals surface area contributed by atoms with Gasteiger partial charge >= 0.3 is 6.09 Å². The Labute approximate surface area is 139 Å². The van der Waals surface area contributed by atoms with Gasteiger partial charge in [0.15, 0.2) is 0 Å². The van der Waals surface area contributed by atoms with Crippen LogP contribution in [-0.2, 0) is 17.8 Å². The van der Waals surface area contributed by atoms with Gasteiger partial charge < -0.3 is 15.4 Å². The van der Waals surface area contributed by atoms with Crippen LogP contribution >= 0.6 is 0 Å². The third-order valence-electron chi connectivity index (χ3n) is 3.87. The molecule has 1 heterocycles. The van der Waals surface area contributed by atoms with E-state index in [0.717, 1.165) is 38.2 Å². The van der Waals surface area contributed by atoms with Crippen LogP contribution in [0.2, 0.25) is 0 Å². The Balaban J connectivity index is 1.89. The lowest BCUT2D eigenvalue weighted by atomic mass is 10.1. The summed E-state index contributed by atoms with van der Waals surface area (Å²) in [5.74, 6) is 0. The molecule has 0 aromatic heterocycles. The van der Waals surface area contributed by atoms with E-state index in [2.05, 4.69) is 29.2 Å². The number of carbonyl (C=O) groups excluding carboxylic acids is 1. The van der Waals surface area contributed by atoms with Crippen molar-refractivity contribution in [1.29, 1.82) is 0 Å². The van der Waals surface area contributed by atoms with Crippen molar-refractivity contribution in [2.24, 2.45) is 5.73 Å². The first-order chi connectivity index (χ1) is 10.9. The number of hydrogen-bond donors (Lipinski definition) is 1. The summed E-state index contributed by atoms with van der Waals surface area (Å²) >= 11 is 0. The summed E-state index contributed by atoms with van der Waals surface area (Å²) in [4.78, 5) is 16.4. The van der Waals surface area contributed by atoms with Crippen LogP contribution in [0.15, 0.2) is 24.3 Å². The Morgan fingerprint density at radius 3 is 2.61 bits per heavy atom. The molecule has 1 aliphatic heterocycles. The lowest BCUT2D eigenvalue weighted by molar-refractivity contribution is 0.0257. The average Bonchev–Trinajstić information content (AvgIpc) is 2.71. The minimum atomic E-state index is -0.439. The minimum Gasteiger partial charge on any atom is -0.444 e. The number of ether oxygens (including phenoxy) is 1. The van der Waals surface area contributed by atoms with Gasteiger partial charge in [0.1, 0.15) is 5.60 Å². The van der Waals surface area contributed by atoms with Crippen molar-refractivity contribution in [3.8, 4) is 0 Å². The van der Waals surface area contributed by atoms with Crippen molar-refractivity contribution >= 4 is 6.09 Å². The summed E-state index contributed by atoms with van der Waals surface area (Å²) < 4.78 is 5.47. The van der Waals surface area contributed by atoms with Crippen molar-refractivity contribution in [2.75, 3.05) is 26.2 Å². The molecule has 1 saturated heterocycles. The summed E-state index contributed by atoms with van der Waals surface area (Å²) in [6.07, 6.45) is 0.764. The molecule has 0 aliphatic carbocycles. The molecular formula is C18H29N3O2. The van der Waals surface area contributed by atoms with Crippen molar-refractivity contribution < 1.29 is 9.53 Å². The molecule has 1 aromatic rings. The predicted octanol–water partition coefficient (Wildman–Crippen LogP) is 2.59. The van der Waals surface area contributed by atoms with E-state index in [1.165, 1.54) is 5.56 Å². The molecule has 1 aliphatic rings. The van der Waals surface area contributed by atoms with E-state index in [0.29, 0.717) is 13.1 Å². The van der Waals surface area contributed by atoms with Crippen molar-refractivity contribution in [3.63, 3.8) is 0 Å². The summed E-state index contributed by atoms with van der Waals surface area (Å²) in [5.41, 5.74) is 7.70. The molecule has 5 nitrogen and oxygen atoms in total. The summed E-state index contributed by atoms with van der Waals surface area (Å²) in [6, 6.07) is 8.41. The standard InChI is InChI=1S/C18H29N3O2/c1-18(2,3)23-17(22)21-9-5-8-20(10-11-21)14-16-7-4-6-15(12-16)13-19/h4,6-7,12H,5,8-11,13-14,19H2,1-3H3. The first-order valence-corrected chi connectivity index (χ1v) is 8.35. The first-order valence-electron chi connectivity index (χ1n) is 8.35. The van der Waals surface area contributed by atoms with Crippen LogP contribution < -0.4 is 5.73 Å². The van der Waals surface area contributed by atoms with E-state index in [-0.39, 0.29) is 6.09 Å². The fourth-order valence-electron chi connectivity index (χ4n) is 2.75. The number of nitrogens with two attached hydrogens (primary N) is 1. The number of carbonyl (C=O) groups is 1. The Morgan fingerprint density at radius 1 is 1.17 bits per heavy atom. The molecule has 5 heteroatoms. The molecule has 2 N–H and O–H groups in total. The summed E-state index contributed by atoms with van der Waals surface area (Å²) in [5, 5.41) is 0. The van der Waals surface area contributed by atoms with Crippen LogP contribution in [0.4, 0.5) is 4.79 Å². The molecule has 1 aromatic carbocycles. The van der Waals surface area contributed by atoms with E-state index >= 15 is 0 Å². The Kier molecular flexibility index (Phi) is 6.02. The molecule has 0 spiro atoms. The van der Waals surface area contributed by atoms with Gasteiger partial charge in [0.2, 0.25) is 0 Å². The number of rotatable bonds is 3. The van der Waals surface area contributed by atoms with Gasteiger partial charge in [-0.25, -0.2) is 4.79 Å². The first kappa shape index (κ1) is 17.8. The monoisotopic (exact) mass is 319 g/mol. The zero-order valence-electron chi connectivity index (χ0n) is 14.5. The zero-order valence-corrected chi connectivity index (χ0v) is 14.5. The molecule has 128 valence electrons. The normalized spacial score (nSPS) is 17.0. The molecule has 0 unspecified atom stereocenters. The number of amides is 1. The highest BCUT2D eigenvalue weighted by atomic mass is 16.6. The van der Waals surface area contributed by atoms with E-state index in [1.54, 1.807) is 0 Å². The maximum atomic E-state index is 12.2. The SMILES string of the molecule is CC(C)(C)OC(=O)N1CCCN(Cc2cccc(CN)c2)CC1. The van der Waals surface area contributed by atoms with Gasteiger partial charge in [-0.05, 0) is 38.3 Å². The van der Waals surface area contributed by atoms with E-state index in [4.69, 9.17) is 10.5 Å². The van der Waals surface area contributed by atoms with Crippen molar-refractivity contribution in [1.82, 2.24) is 9.80 Å². The van der Waals surface area contributed by atoms with E-state index in [1.807, 2.05) is 25.7 Å². The van der Waals surface area contributed by atoms with E-state index < -0.39 is 5.60 Å². The fourth-order valence-corrected chi connectivity index (χ4v) is 2.75. The van der Waals surface area contributed by atoms with Gasteiger partial charge in [0.25, 0.3) is 0 Å². The third-order valence-corrected chi connectivity index (χ3v) is 3.87. The molecule has 0 saturated carbocycles. The molecule has 0 radical (unpaired) electrons. The van der Waals surface area contributed by atoms with Gasteiger partial charge in [-0.3, -0.25) is 4.90 Å². The van der Waals surface area contributed by atoms with E-state index in [9.17, 15) is 4.79 Å². The quantitative estimate of drug-likeness (QED) is 0.930. The maximum absolute atomic E-state index is 12.2. The van der Waals surface area contributed by atoms with Crippen LogP contribution in [0.25, 0.3) is 0 Å². The van der Waals surface area contributed by atoms with Crippen LogP contribution in [0.5, 0.6) is 0 Å². The van der Waals surface area contributed by atoms with Gasteiger partial charge in [0, 0.05) is 39.3 Å². The van der Waals surface area contributed by atoms with Crippen molar-refractivity contribution in [3.05, 3.63) is 35.4 Å². The Morgan fingerprint density at radius 2 is 1.91 bits per heavy atom. The van der Waals surface area contributed by atoms with Gasteiger partial charge in [-0.15, -0.1) is 0 Å². The van der Waals surface area contributed by atoms with Gasteiger partial charge in [-0.2, -0.15) is 0 Å². The second-order valence-electron chi connectivity index (χ2n) is 7.12. The smallest absolute Gasteiger partial charge is 0.410 e. The highest BCUT2D eigenvalue weighted by Crippen LogP contribution is 2.14. The summed E-state index contributed by atoms with van der Waals surface area (Å²) in [6.45, 7) is 10.5. The highest BCUT2D eigenvalue weighted by Gasteiger charge is 2.24. The highest BCUT2D eigenvalue weighted by molar-refractivity contribution is 5.68. The molecule has 23 heavy (non-hydrogen) atoms. The topological polar surface area (TPSA) is 58.8 Å². The average molecular weight is 319 g/mol. The molecule has 1 fully saturated rings. The van der Waals surface area contributed by atoms with Gasteiger partial charge in [-0.1, -0.05) is 24.3 Å². The summed E-state index contributed by atoms with van der Waals surface area (Å²) in [7, 11) is 0. The van der Waals surface area contributed by atoms with Crippen LogP contribution in [0.3, 0.4) is 0 Å². The predicted molar refractivity (Wildman–Crippen MR) is 92.0 cm³/mol. The second kappa shape index (κ2) is 7.79. The fraction of sp³-hybridized carbons (Fsp3) is 0.611. The second-order valence-corrected chi connectivity index (χ2v) is 7.12. The Bertz CT molecular complexity index is 525. The van der Waals surface area contributed by atoms with Crippen LogP contribution in [-0.4, -0.2) is 47.7 Å². The van der Waals surface area contributed by atoms with Crippen LogP contribution in [0, 0.1) is 0 Å². The number of benzene rings is 1. The van der Waals surface area contributed by atoms with Gasteiger partial charge in [0.05, 0.1) is 0 Å². The zero-order chi connectivity index (χ0) is 16.9. The molecule has 0 atom stereocenters. The minimum absolute atomic E-state index is 0.204. The number of hydrogen-bond acceptors (Lipinski definition) is 4. The molecule has 1 amide bonds. The van der Waals surface area contributed by atoms with Crippen LogP contribution in [0.1, 0.15) is 38.3 Å². The lowest BCUT2D eigenvalue weighted by Gasteiger charge is -2.26. The molecule has 0 bridgehead atoms. The Hall–Kier alpha value is -1.59. The molecule has 2 rings (SSSR count). The number of nitrogens with zero attached hydrogens (tertiary/aromatic N) is 2. The third kappa shape index (κ3) is 5.84. The molecular weight excluding hydrogens is 290 g/mol. The largest absolute Gasteiger partial charge is 0.444 e. The van der Waals surface area contributed by atoms with Crippen molar-refractivity contribution in [2.45, 2.75) is 45.9 Å². The lowest BCUT2D eigenvalue weighted by Crippen LogP contribution is -2.39. The maximum Gasteiger partial charge on any atom is 0.410 e.